The maximum atomic E-state index is 13.6. The molecule has 0 aliphatic heterocycles. The van der Waals surface area contributed by atoms with Crippen molar-refractivity contribution in [3.63, 3.8) is 0 Å². The summed E-state index contributed by atoms with van der Waals surface area (Å²) in [7, 11) is 1.42. The number of carbonyl (C=O) groups is 2. The number of urea groups is 1. The molecule has 0 unspecified atom stereocenters. The van der Waals surface area contributed by atoms with Crippen molar-refractivity contribution in [3.8, 4) is 11.5 Å². The van der Waals surface area contributed by atoms with Crippen LogP contribution in [0.4, 0.5) is 19.9 Å². The number of carbonyl (C=O) groups excluding carboxylic acids is 2. The number of ether oxygens (including phenoxy) is 1. The largest absolute Gasteiger partial charge is 0.447 e. The zero-order valence-electron chi connectivity index (χ0n) is 19.2. The van der Waals surface area contributed by atoms with E-state index in [4.69, 9.17) is 20.9 Å². The molecule has 0 saturated carbocycles. The number of rotatable bonds is 10. The lowest BCUT2D eigenvalue weighted by atomic mass is 10.1. The molecule has 3 amide bonds. The molecule has 0 radical (unpaired) electrons. The molecule has 0 spiro atoms. The third-order valence-corrected chi connectivity index (χ3v) is 5.58. The first-order valence-corrected chi connectivity index (χ1v) is 11.2. The summed E-state index contributed by atoms with van der Waals surface area (Å²) in [4.78, 5) is 30.2. The molecule has 2 atom stereocenters. The molecule has 0 aliphatic carbocycles. The van der Waals surface area contributed by atoms with E-state index >= 15 is 0 Å². The van der Waals surface area contributed by atoms with E-state index in [0.717, 1.165) is 0 Å². The Kier molecular flexibility index (Phi) is 9.56. The number of aromatic nitrogens is 2. The quantitative estimate of drug-likeness (QED) is 0.318. The molecule has 36 heavy (non-hydrogen) atoms. The van der Waals surface area contributed by atoms with Crippen LogP contribution in [0.25, 0.3) is 11.5 Å². The van der Waals surface area contributed by atoms with E-state index in [2.05, 4.69) is 20.8 Å². The molecule has 1 heterocycles. The highest BCUT2D eigenvalue weighted by Crippen LogP contribution is 2.20. The summed E-state index contributed by atoms with van der Waals surface area (Å²) in [5.41, 5.74) is 1.03. The van der Waals surface area contributed by atoms with Crippen molar-refractivity contribution in [3.05, 3.63) is 64.9 Å². The molecule has 0 saturated heterocycles. The van der Waals surface area contributed by atoms with Gasteiger partial charge in [0.25, 0.3) is 11.8 Å². The summed E-state index contributed by atoms with van der Waals surface area (Å²) in [6.07, 6.45) is -2.17. The summed E-state index contributed by atoms with van der Waals surface area (Å²) < 4.78 is 23.9. The van der Waals surface area contributed by atoms with Crippen molar-refractivity contribution >= 4 is 29.7 Å². The van der Waals surface area contributed by atoms with Gasteiger partial charge in [-0.05, 0) is 35.3 Å². The molecule has 192 valence electrons. The Bertz CT molecular complexity index is 1160. The smallest absolute Gasteiger partial charge is 0.414 e. The van der Waals surface area contributed by atoms with Crippen LogP contribution in [0, 0.1) is 5.82 Å². The fourth-order valence-electron chi connectivity index (χ4n) is 3.14. The summed E-state index contributed by atoms with van der Waals surface area (Å²) >= 11 is 5.91. The molecule has 0 bridgehead atoms. The van der Waals surface area contributed by atoms with Gasteiger partial charge in [0.2, 0.25) is 0 Å². The molecule has 0 aliphatic rings. The number of nitrogens with zero attached hydrogens (tertiary/aromatic N) is 3. The van der Waals surface area contributed by atoms with Crippen LogP contribution in [0.2, 0.25) is 5.02 Å². The number of hydrogen-bond acceptors (Lipinski definition) is 8. The molecule has 0 fully saturated rings. The molecule has 1 aromatic heterocycles. The Labute approximate surface area is 210 Å². The van der Waals surface area contributed by atoms with Gasteiger partial charge in [-0.3, -0.25) is 5.32 Å². The molecule has 11 nitrogen and oxygen atoms in total. The monoisotopic (exact) mass is 521 g/mol. The Hall–Kier alpha value is -3.74. The molecule has 2 aromatic carbocycles. The zero-order valence-corrected chi connectivity index (χ0v) is 20.0. The lowest BCUT2D eigenvalue weighted by Crippen LogP contribution is -2.47. The van der Waals surface area contributed by atoms with E-state index in [1.165, 1.54) is 24.1 Å². The second-order valence-corrected chi connectivity index (χ2v) is 8.10. The minimum atomic E-state index is -1.17. The van der Waals surface area contributed by atoms with Gasteiger partial charge >= 0.3 is 12.1 Å². The van der Waals surface area contributed by atoms with Crippen LogP contribution in [-0.4, -0.2) is 69.8 Å². The first kappa shape index (κ1) is 26.9. The van der Waals surface area contributed by atoms with Crippen molar-refractivity contribution < 1.29 is 33.5 Å². The summed E-state index contributed by atoms with van der Waals surface area (Å²) in [5.74, 6) is -0.536. The van der Waals surface area contributed by atoms with Crippen LogP contribution in [0.1, 0.15) is 12.0 Å². The van der Waals surface area contributed by atoms with Crippen LogP contribution in [-0.2, 0) is 11.3 Å². The molecule has 3 rings (SSSR count). The maximum Gasteiger partial charge on any atom is 0.414 e. The van der Waals surface area contributed by atoms with Gasteiger partial charge in [0.1, 0.15) is 12.4 Å². The van der Waals surface area contributed by atoms with Gasteiger partial charge in [-0.1, -0.05) is 41.9 Å². The molecule has 13 heteroatoms. The molecule has 3 aromatic rings. The van der Waals surface area contributed by atoms with Gasteiger partial charge in [0.05, 0.1) is 23.8 Å². The van der Waals surface area contributed by atoms with E-state index < -0.39 is 36.7 Å². The number of anilines is 1. The average molecular weight is 522 g/mol. The first-order valence-electron chi connectivity index (χ1n) is 10.8. The zero-order chi connectivity index (χ0) is 26.1. The van der Waals surface area contributed by atoms with Gasteiger partial charge in [0, 0.05) is 19.2 Å². The van der Waals surface area contributed by atoms with Crippen LogP contribution in [0.3, 0.4) is 0 Å². The summed E-state index contributed by atoms with van der Waals surface area (Å²) in [6.45, 7) is -0.933. The number of hydrogen-bond donors (Lipinski definition) is 4. The number of likely N-dealkylation sites (N-methyl/N-ethyl adjacent to an activating group) is 1. The number of nitrogens with one attached hydrogen (secondary N) is 2. The van der Waals surface area contributed by atoms with E-state index in [-0.39, 0.29) is 36.4 Å². The van der Waals surface area contributed by atoms with Crippen molar-refractivity contribution in [2.75, 3.05) is 25.6 Å². The van der Waals surface area contributed by atoms with Gasteiger partial charge in [-0.15, -0.1) is 0 Å². The van der Waals surface area contributed by atoms with Crippen molar-refractivity contribution in [2.45, 2.75) is 25.1 Å². The van der Waals surface area contributed by atoms with Crippen LogP contribution in [0.15, 0.2) is 53.1 Å². The normalized spacial score (nSPS) is 12.5. The third kappa shape index (κ3) is 7.38. The van der Waals surface area contributed by atoms with E-state index in [1.54, 1.807) is 30.3 Å². The second kappa shape index (κ2) is 12.8. The highest BCUT2D eigenvalue weighted by molar-refractivity contribution is 6.31. The molecular weight excluding hydrogens is 497 g/mol. The van der Waals surface area contributed by atoms with E-state index in [0.29, 0.717) is 11.1 Å². The molecular formula is C23H25ClFN5O6. The number of amides is 3. The maximum absolute atomic E-state index is 13.6. The van der Waals surface area contributed by atoms with Gasteiger partial charge in [-0.25, -0.2) is 14.0 Å². The average Bonchev–Trinajstić information content (AvgIpc) is 3.35. The highest BCUT2D eigenvalue weighted by Gasteiger charge is 2.25. The van der Waals surface area contributed by atoms with Gasteiger partial charge in [0.15, 0.2) is 0 Å². The summed E-state index contributed by atoms with van der Waals surface area (Å²) in [6, 6.07) is 11.7. The van der Waals surface area contributed by atoms with Crippen molar-refractivity contribution in [1.82, 2.24) is 20.4 Å². The Morgan fingerprint density at radius 3 is 2.69 bits per heavy atom. The topological polar surface area (TPSA) is 150 Å². The number of benzene rings is 2. The number of halogens is 2. The second-order valence-electron chi connectivity index (χ2n) is 7.72. The lowest BCUT2D eigenvalue weighted by Gasteiger charge is -2.29. The standard InChI is InChI=1S/C23H25ClFN5O6/c1-30(22(33)26-11-15-8-5-9-18(25)19(15)24)16(10-17(32)12-31)13-35-23(34)28-21-27-20(36-29-21)14-6-3-2-4-7-14/h2-9,16-17,31-32H,10-13H2,1H3,(H,26,33)(H,28,29,34)/t16-,17+/m0/s1. The predicted octanol–water partition coefficient (Wildman–Crippen LogP) is 3.03. The number of aliphatic hydroxyl groups excluding tert-OH is 2. The first-order chi connectivity index (χ1) is 17.3. The van der Waals surface area contributed by atoms with Crippen molar-refractivity contribution in [1.29, 1.82) is 0 Å². The SMILES string of the molecule is CN(C(=O)NCc1cccc(F)c1Cl)[C@H](COC(=O)Nc1noc(-c2ccccc2)n1)C[C@@H](O)CO. The van der Waals surface area contributed by atoms with E-state index in [9.17, 15) is 24.2 Å². The van der Waals surface area contributed by atoms with Gasteiger partial charge < -0.3 is 29.7 Å². The predicted molar refractivity (Wildman–Crippen MR) is 128 cm³/mol. The third-order valence-electron chi connectivity index (χ3n) is 5.15. The highest BCUT2D eigenvalue weighted by atomic mass is 35.5. The minimum absolute atomic E-state index is 0.0576. The lowest BCUT2D eigenvalue weighted by molar-refractivity contribution is 0.0480. The molecule has 4 N–H and O–H groups in total. The fourth-order valence-corrected chi connectivity index (χ4v) is 3.34. The van der Waals surface area contributed by atoms with Crippen LogP contribution in [0.5, 0.6) is 0 Å². The van der Waals surface area contributed by atoms with Crippen LogP contribution >= 0.6 is 11.6 Å². The Morgan fingerprint density at radius 2 is 1.97 bits per heavy atom. The minimum Gasteiger partial charge on any atom is -0.447 e. The van der Waals surface area contributed by atoms with E-state index in [1.807, 2.05) is 6.07 Å². The van der Waals surface area contributed by atoms with Crippen LogP contribution < -0.4 is 10.6 Å². The Morgan fingerprint density at radius 1 is 1.22 bits per heavy atom. The Balaban J connectivity index is 1.57. The van der Waals surface area contributed by atoms with Gasteiger partial charge in [-0.2, -0.15) is 4.98 Å². The van der Waals surface area contributed by atoms with Crippen molar-refractivity contribution in [2.24, 2.45) is 0 Å². The fraction of sp³-hybridized carbons (Fsp3) is 0.304. The summed E-state index contributed by atoms with van der Waals surface area (Å²) in [5, 5.41) is 27.6. The number of aliphatic hydroxyl groups is 2.